The van der Waals surface area contributed by atoms with E-state index in [4.69, 9.17) is 0 Å². The first-order chi connectivity index (χ1) is 9.52. The quantitative estimate of drug-likeness (QED) is 0.871. The first-order valence-electron chi connectivity index (χ1n) is 6.13. The maximum Gasteiger partial charge on any atom is 0.253 e. The van der Waals surface area contributed by atoms with E-state index in [1.165, 1.54) is 11.0 Å². The summed E-state index contributed by atoms with van der Waals surface area (Å²) >= 11 is 0. The summed E-state index contributed by atoms with van der Waals surface area (Å²) in [6, 6.07) is 11.9. The van der Waals surface area contributed by atoms with Gasteiger partial charge in [0, 0.05) is 19.7 Å². The molecular weight excluding hydrogens is 254 g/mol. The molecule has 4 nitrogen and oxygen atoms in total. The van der Waals surface area contributed by atoms with Crippen LogP contribution in [0.3, 0.4) is 0 Å². The van der Waals surface area contributed by atoms with Gasteiger partial charge in [0.1, 0.15) is 5.75 Å². The second-order valence-corrected chi connectivity index (χ2v) is 4.67. The normalized spacial score (nSPS) is 10.1. The van der Waals surface area contributed by atoms with Crippen LogP contribution < -0.4 is 0 Å². The fourth-order valence-electron chi connectivity index (χ4n) is 1.92. The van der Waals surface area contributed by atoms with E-state index in [2.05, 4.69) is 0 Å². The van der Waals surface area contributed by atoms with Crippen LogP contribution in [0.5, 0.6) is 5.75 Å². The van der Waals surface area contributed by atoms with Crippen molar-refractivity contribution in [2.24, 2.45) is 0 Å². The number of aromatic hydroxyl groups is 1. The van der Waals surface area contributed by atoms with Crippen LogP contribution in [0.4, 0.5) is 0 Å². The van der Waals surface area contributed by atoms with Gasteiger partial charge in [-0.15, -0.1) is 0 Å². The van der Waals surface area contributed by atoms with E-state index in [1.807, 2.05) is 6.07 Å². The number of benzene rings is 2. The first kappa shape index (κ1) is 13.8. The van der Waals surface area contributed by atoms with Crippen molar-refractivity contribution in [1.82, 2.24) is 4.90 Å². The molecule has 1 N–H and O–H groups in total. The number of phenolic OH excluding ortho intramolecular Hbond substituents is 1. The number of rotatable bonds is 3. The molecule has 0 aliphatic rings. The number of nitrogens with zero attached hydrogens (tertiary/aromatic N) is 1. The summed E-state index contributed by atoms with van der Waals surface area (Å²) in [5.41, 5.74) is 2.40. The third-order valence-corrected chi connectivity index (χ3v) is 3.00. The Kier molecular flexibility index (Phi) is 3.84. The molecule has 0 spiro atoms. The molecule has 2 rings (SSSR count). The van der Waals surface area contributed by atoms with Crippen molar-refractivity contribution in [2.45, 2.75) is 0 Å². The zero-order chi connectivity index (χ0) is 14.7. The Morgan fingerprint density at radius 3 is 2.45 bits per heavy atom. The minimum absolute atomic E-state index is 0.0516. The molecule has 102 valence electrons. The van der Waals surface area contributed by atoms with Gasteiger partial charge in [-0.3, -0.25) is 9.59 Å². The van der Waals surface area contributed by atoms with Crippen LogP contribution in [0.25, 0.3) is 11.1 Å². The number of hydrogen-bond acceptors (Lipinski definition) is 3. The molecule has 0 radical (unpaired) electrons. The van der Waals surface area contributed by atoms with Gasteiger partial charge in [-0.1, -0.05) is 18.2 Å². The Labute approximate surface area is 117 Å². The average Bonchev–Trinajstić information content (AvgIpc) is 2.47. The van der Waals surface area contributed by atoms with Gasteiger partial charge in [0.15, 0.2) is 6.29 Å². The van der Waals surface area contributed by atoms with Crippen LogP contribution >= 0.6 is 0 Å². The molecule has 0 bridgehead atoms. The average molecular weight is 269 g/mol. The number of phenols is 1. The SMILES string of the molecule is CN(C)C(=O)c1cccc(-c2ccc(O)c(C=O)c2)c1. The van der Waals surface area contributed by atoms with Crippen LogP contribution in [-0.2, 0) is 0 Å². The summed E-state index contributed by atoms with van der Waals surface area (Å²) in [7, 11) is 3.39. The van der Waals surface area contributed by atoms with Crippen molar-refractivity contribution in [2.75, 3.05) is 14.1 Å². The molecule has 0 saturated heterocycles. The lowest BCUT2D eigenvalue weighted by Gasteiger charge is -2.11. The topological polar surface area (TPSA) is 57.6 Å². The minimum Gasteiger partial charge on any atom is -0.507 e. The summed E-state index contributed by atoms with van der Waals surface area (Å²) in [5.74, 6) is -0.134. The molecule has 0 atom stereocenters. The van der Waals surface area contributed by atoms with Gasteiger partial charge in [-0.05, 0) is 35.4 Å². The Balaban J connectivity index is 2.46. The molecule has 0 heterocycles. The van der Waals surface area contributed by atoms with Gasteiger partial charge in [0.2, 0.25) is 0 Å². The molecule has 2 aromatic rings. The van der Waals surface area contributed by atoms with Crippen molar-refractivity contribution >= 4 is 12.2 Å². The summed E-state index contributed by atoms with van der Waals surface area (Å²) in [6.45, 7) is 0. The number of carbonyl (C=O) groups excluding carboxylic acids is 2. The minimum atomic E-state index is -0.0822. The predicted octanol–water partition coefficient (Wildman–Crippen LogP) is 2.57. The molecule has 4 heteroatoms. The van der Waals surface area contributed by atoms with E-state index in [9.17, 15) is 14.7 Å². The van der Waals surface area contributed by atoms with Crippen molar-refractivity contribution in [1.29, 1.82) is 0 Å². The highest BCUT2D eigenvalue weighted by Gasteiger charge is 2.10. The fourth-order valence-corrected chi connectivity index (χ4v) is 1.92. The van der Waals surface area contributed by atoms with E-state index in [1.54, 1.807) is 44.4 Å². The molecule has 20 heavy (non-hydrogen) atoms. The van der Waals surface area contributed by atoms with Gasteiger partial charge in [-0.25, -0.2) is 0 Å². The summed E-state index contributed by atoms with van der Waals surface area (Å²) < 4.78 is 0. The monoisotopic (exact) mass is 269 g/mol. The van der Waals surface area contributed by atoms with E-state index in [0.717, 1.165) is 11.1 Å². The van der Waals surface area contributed by atoms with E-state index in [0.29, 0.717) is 11.8 Å². The highest BCUT2D eigenvalue weighted by Crippen LogP contribution is 2.25. The molecule has 1 amide bonds. The van der Waals surface area contributed by atoms with Crippen molar-refractivity contribution < 1.29 is 14.7 Å². The third-order valence-electron chi connectivity index (χ3n) is 3.00. The van der Waals surface area contributed by atoms with Gasteiger partial charge in [-0.2, -0.15) is 0 Å². The Morgan fingerprint density at radius 2 is 1.80 bits per heavy atom. The number of carbonyl (C=O) groups is 2. The summed E-state index contributed by atoms with van der Waals surface area (Å²) in [6.07, 6.45) is 0.605. The molecule has 0 aliphatic heterocycles. The van der Waals surface area contributed by atoms with E-state index in [-0.39, 0.29) is 17.2 Å². The van der Waals surface area contributed by atoms with Crippen molar-refractivity contribution in [3.8, 4) is 16.9 Å². The molecule has 0 unspecified atom stereocenters. The van der Waals surface area contributed by atoms with E-state index >= 15 is 0 Å². The zero-order valence-electron chi connectivity index (χ0n) is 11.3. The smallest absolute Gasteiger partial charge is 0.253 e. The zero-order valence-corrected chi connectivity index (χ0v) is 11.3. The number of hydrogen-bond donors (Lipinski definition) is 1. The second-order valence-electron chi connectivity index (χ2n) is 4.67. The molecular formula is C16H15NO3. The first-order valence-corrected chi connectivity index (χ1v) is 6.13. The largest absolute Gasteiger partial charge is 0.507 e. The number of aldehydes is 1. The lowest BCUT2D eigenvalue weighted by molar-refractivity contribution is 0.0827. The fraction of sp³-hybridized carbons (Fsp3) is 0.125. The second kappa shape index (κ2) is 5.57. The van der Waals surface area contributed by atoms with Gasteiger partial charge in [0.25, 0.3) is 5.91 Å². The maximum absolute atomic E-state index is 11.9. The molecule has 0 saturated carbocycles. The van der Waals surface area contributed by atoms with Gasteiger partial charge in [0.05, 0.1) is 5.56 Å². The van der Waals surface area contributed by atoms with Gasteiger partial charge < -0.3 is 10.0 Å². The Morgan fingerprint density at radius 1 is 1.10 bits per heavy atom. The Hall–Kier alpha value is -2.62. The van der Waals surface area contributed by atoms with Crippen LogP contribution in [0.1, 0.15) is 20.7 Å². The molecule has 0 fully saturated rings. The lowest BCUT2D eigenvalue weighted by Crippen LogP contribution is -2.21. The lowest BCUT2D eigenvalue weighted by atomic mass is 10.0. The van der Waals surface area contributed by atoms with E-state index < -0.39 is 0 Å². The molecule has 2 aromatic carbocycles. The maximum atomic E-state index is 11.9. The third kappa shape index (κ3) is 2.69. The Bertz CT molecular complexity index is 663. The number of amides is 1. The summed E-state index contributed by atoms with van der Waals surface area (Å²) in [5, 5.41) is 9.51. The highest BCUT2D eigenvalue weighted by molar-refractivity contribution is 5.95. The van der Waals surface area contributed by atoms with Gasteiger partial charge >= 0.3 is 0 Å². The standard InChI is InChI=1S/C16H15NO3/c1-17(2)16(20)13-5-3-4-11(8-13)12-6-7-15(19)14(9-12)10-18/h3-10,19H,1-2H3. The van der Waals surface area contributed by atoms with Crippen molar-refractivity contribution in [3.63, 3.8) is 0 Å². The highest BCUT2D eigenvalue weighted by atomic mass is 16.3. The van der Waals surface area contributed by atoms with Crippen LogP contribution in [0.2, 0.25) is 0 Å². The van der Waals surface area contributed by atoms with Crippen LogP contribution in [0.15, 0.2) is 42.5 Å². The molecule has 0 aliphatic carbocycles. The van der Waals surface area contributed by atoms with Crippen molar-refractivity contribution in [3.05, 3.63) is 53.6 Å². The van der Waals surface area contributed by atoms with Crippen LogP contribution in [-0.4, -0.2) is 36.3 Å². The summed E-state index contributed by atoms with van der Waals surface area (Å²) in [4.78, 5) is 24.3. The predicted molar refractivity (Wildman–Crippen MR) is 76.9 cm³/mol. The van der Waals surface area contributed by atoms with Crippen LogP contribution in [0, 0.1) is 0 Å². The molecule has 0 aromatic heterocycles.